The van der Waals surface area contributed by atoms with Gasteiger partial charge >= 0.3 is 0 Å². The summed E-state index contributed by atoms with van der Waals surface area (Å²) in [4.78, 5) is 10.4. The summed E-state index contributed by atoms with van der Waals surface area (Å²) in [5.74, 6) is 0. The minimum atomic E-state index is 0.762. The number of likely N-dealkylation sites (tertiary alicyclic amines) is 1. The molecule has 0 bridgehead atoms. The largest absolute Gasteiger partial charge is 0.342 e. The third-order valence-electron chi connectivity index (χ3n) is 4.04. The minimum absolute atomic E-state index is 0.762. The van der Waals surface area contributed by atoms with Crippen molar-refractivity contribution in [3.63, 3.8) is 0 Å². The van der Waals surface area contributed by atoms with Gasteiger partial charge in [0.25, 0.3) is 0 Å². The smallest absolute Gasteiger partial charge is 0.137 e. The van der Waals surface area contributed by atoms with Crippen molar-refractivity contribution < 1.29 is 0 Å². The number of hydrogen-bond donors (Lipinski definition) is 1. The normalized spacial score (nSPS) is 21.5. The molecule has 18 heavy (non-hydrogen) atoms. The summed E-state index contributed by atoms with van der Waals surface area (Å²) in [6.45, 7) is 4.58. The molecule has 2 aromatic rings. The van der Waals surface area contributed by atoms with Gasteiger partial charge in [-0.05, 0) is 44.0 Å². The van der Waals surface area contributed by atoms with Crippen LogP contribution in [-0.4, -0.2) is 27.5 Å². The van der Waals surface area contributed by atoms with Crippen molar-refractivity contribution in [3.8, 4) is 0 Å². The molecule has 1 unspecified atom stereocenters. The van der Waals surface area contributed by atoms with E-state index in [2.05, 4.69) is 33.9 Å². The van der Waals surface area contributed by atoms with Crippen molar-refractivity contribution in [2.75, 3.05) is 6.54 Å². The zero-order chi connectivity index (χ0) is 12.4. The SMILES string of the molecule is CCC1CCCCN1Cc1cc2cccnc2[nH]1. The molecular formula is C15H21N3. The third-order valence-corrected chi connectivity index (χ3v) is 4.04. The zero-order valence-corrected chi connectivity index (χ0v) is 11.0. The Balaban J connectivity index is 1.78. The molecule has 96 valence electrons. The highest BCUT2D eigenvalue weighted by Gasteiger charge is 2.21. The fraction of sp³-hybridized carbons (Fsp3) is 0.533. The zero-order valence-electron chi connectivity index (χ0n) is 11.0. The van der Waals surface area contributed by atoms with Crippen molar-refractivity contribution in [1.82, 2.24) is 14.9 Å². The maximum absolute atomic E-state index is 4.36. The lowest BCUT2D eigenvalue weighted by molar-refractivity contribution is 0.135. The number of rotatable bonds is 3. The number of aromatic nitrogens is 2. The van der Waals surface area contributed by atoms with Crippen LogP contribution in [0.4, 0.5) is 0 Å². The van der Waals surface area contributed by atoms with Gasteiger partial charge in [-0.25, -0.2) is 4.98 Å². The van der Waals surface area contributed by atoms with Gasteiger partial charge in [0.2, 0.25) is 0 Å². The highest BCUT2D eigenvalue weighted by atomic mass is 15.2. The topological polar surface area (TPSA) is 31.9 Å². The van der Waals surface area contributed by atoms with Crippen LogP contribution in [0.1, 0.15) is 38.3 Å². The van der Waals surface area contributed by atoms with E-state index in [4.69, 9.17) is 0 Å². The Hall–Kier alpha value is -1.35. The molecule has 1 aliphatic heterocycles. The Morgan fingerprint density at radius 1 is 1.44 bits per heavy atom. The molecular weight excluding hydrogens is 222 g/mol. The fourth-order valence-electron chi connectivity index (χ4n) is 3.05. The lowest BCUT2D eigenvalue weighted by Gasteiger charge is -2.34. The highest BCUT2D eigenvalue weighted by molar-refractivity contribution is 5.76. The summed E-state index contributed by atoms with van der Waals surface area (Å²) in [5.41, 5.74) is 2.31. The highest BCUT2D eigenvalue weighted by Crippen LogP contribution is 2.22. The summed E-state index contributed by atoms with van der Waals surface area (Å²) in [6.07, 6.45) is 7.20. The summed E-state index contributed by atoms with van der Waals surface area (Å²) in [5, 5.41) is 1.22. The third kappa shape index (κ3) is 2.27. The molecule has 0 radical (unpaired) electrons. The van der Waals surface area contributed by atoms with Gasteiger partial charge in [0, 0.05) is 29.9 Å². The number of pyridine rings is 1. The van der Waals surface area contributed by atoms with Gasteiger partial charge < -0.3 is 4.98 Å². The molecule has 3 rings (SSSR count). The summed E-state index contributed by atoms with van der Waals surface area (Å²) >= 11 is 0. The van der Waals surface area contributed by atoms with Crippen molar-refractivity contribution in [1.29, 1.82) is 0 Å². The first-order chi connectivity index (χ1) is 8.86. The van der Waals surface area contributed by atoms with Crippen molar-refractivity contribution in [2.24, 2.45) is 0 Å². The molecule has 1 atom stereocenters. The predicted octanol–water partition coefficient (Wildman–Crippen LogP) is 3.33. The van der Waals surface area contributed by atoms with E-state index >= 15 is 0 Å². The summed E-state index contributed by atoms with van der Waals surface area (Å²) in [7, 11) is 0. The van der Waals surface area contributed by atoms with Crippen molar-refractivity contribution in [2.45, 2.75) is 45.2 Å². The van der Waals surface area contributed by atoms with Crippen LogP contribution in [0.15, 0.2) is 24.4 Å². The Kier molecular flexibility index (Phi) is 3.33. The van der Waals surface area contributed by atoms with Crippen LogP contribution in [-0.2, 0) is 6.54 Å². The van der Waals surface area contributed by atoms with Crippen LogP contribution in [0.3, 0.4) is 0 Å². The van der Waals surface area contributed by atoms with Gasteiger partial charge in [0.05, 0.1) is 0 Å². The van der Waals surface area contributed by atoms with Crippen LogP contribution in [0, 0.1) is 0 Å². The second-order valence-electron chi connectivity index (χ2n) is 5.26. The maximum atomic E-state index is 4.36. The van der Waals surface area contributed by atoms with Gasteiger partial charge in [-0.3, -0.25) is 4.90 Å². The van der Waals surface area contributed by atoms with Crippen LogP contribution in [0.2, 0.25) is 0 Å². The Bertz CT molecular complexity index is 484. The van der Waals surface area contributed by atoms with E-state index in [1.54, 1.807) is 0 Å². The number of fused-ring (bicyclic) bond motifs is 1. The van der Waals surface area contributed by atoms with Gasteiger partial charge in [0.15, 0.2) is 0 Å². The number of aromatic amines is 1. The maximum Gasteiger partial charge on any atom is 0.137 e. The van der Waals surface area contributed by atoms with E-state index in [-0.39, 0.29) is 0 Å². The lowest BCUT2D eigenvalue weighted by atomic mass is 10.00. The average Bonchev–Trinajstić information content (AvgIpc) is 2.81. The summed E-state index contributed by atoms with van der Waals surface area (Å²) in [6, 6.07) is 7.12. The minimum Gasteiger partial charge on any atom is -0.342 e. The first kappa shape index (κ1) is 11.7. The molecule has 0 amide bonds. The second kappa shape index (κ2) is 5.11. The average molecular weight is 243 g/mol. The molecule has 0 saturated carbocycles. The predicted molar refractivity (Wildman–Crippen MR) is 74.4 cm³/mol. The molecule has 2 aromatic heterocycles. The Labute approximate surface area is 108 Å². The van der Waals surface area contributed by atoms with E-state index in [0.717, 1.165) is 18.2 Å². The number of hydrogen-bond acceptors (Lipinski definition) is 2. The number of H-pyrrole nitrogens is 1. The molecule has 3 heteroatoms. The summed E-state index contributed by atoms with van der Waals surface area (Å²) < 4.78 is 0. The molecule has 0 spiro atoms. The monoisotopic (exact) mass is 243 g/mol. The van der Waals surface area contributed by atoms with E-state index in [0.29, 0.717) is 0 Å². The molecule has 0 aliphatic carbocycles. The molecule has 1 saturated heterocycles. The standard InChI is InChI=1S/C15H21N3/c1-2-14-7-3-4-9-18(14)11-13-10-12-6-5-8-16-15(12)17-13/h5-6,8,10,14H,2-4,7,9,11H2,1H3,(H,16,17). The van der Waals surface area contributed by atoms with Crippen LogP contribution in [0.25, 0.3) is 11.0 Å². The van der Waals surface area contributed by atoms with Gasteiger partial charge in [-0.1, -0.05) is 13.3 Å². The van der Waals surface area contributed by atoms with Crippen LogP contribution >= 0.6 is 0 Å². The Morgan fingerprint density at radius 2 is 2.39 bits per heavy atom. The molecule has 1 fully saturated rings. The fourth-order valence-corrected chi connectivity index (χ4v) is 3.05. The van der Waals surface area contributed by atoms with E-state index < -0.39 is 0 Å². The molecule has 0 aromatic carbocycles. The van der Waals surface area contributed by atoms with Crippen LogP contribution in [0.5, 0.6) is 0 Å². The van der Waals surface area contributed by atoms with E-state index in [9.17, 15) is 0 Å². The first-order valence-corrected chi connectivity index (χ1v) is 7.03. The Morgan fingerprint density at radius 3 is 3.22 bits per heavy atom. The molecule has 3 nitrogen and oxygen atoms in total. The first-order valence-electron chi connectivity index (χ1n) is 7.03. The van der Waals surface area contributed by atoms with Crippen molar-refractivity contribution >= 4 is 11.0 Å². The molecule has 1 aliphatic rings. The van der Waals surface area contributed by atoms with Crippen molar-refractivity contribution in [3.05, 3.63) is 30.1 Å². The number of nitrogens with one attached hydrogen (secondary N) is 1. The molecule has 3 heterocycles. The second-order valence-corrected chi connectivity index (χ2v) is 5.26. The van der Waals surface area contributed by atoms with Gasteiger partial charge in [0.1, 0.15) is 5.65 Å². The van der Waals surface area contributed by atoms with Crippen LogP contribution < -0.4 is 0 Å². The van der Waals surface area contributed by atoms with E-state index in [1.165, 1.54) is 43.3 Å². The quantitative estimate of drug-likeness (QED) is 0.896. The number of piperidine rings is 1. The number of nitrogens with zero attached hydrogens (tertiary/aromatic N) is 2. The lowest BCUT2D eigenvalue weighted by Crippen LogP contribution is -2.38. The van der Waals surface area contributed by atoms with Gasteiger partial charge in [-0.15, -0.1) is 0 Å². The molecule has 1 N–H and O–H groups in total. The van der Waals surface area contributed by atoms with Gasteiger partial charge in [-0.2, -0.15) is 0 Å². The van der Waals surface area contributed by atoms with E-state index in [1.807, 2.05) is 12.3 Å².